The van der Waals surface area contributed by atoms with E-state index in [9.17, 15) is 14.0 Å². The Balaban J connectivity index is 1.36. The minimum Gasteiger partial charge on any atom is -0.349 e. The SMILES string of the molecule is CCN1CCN(C(=O)[C@@]2(C)CCC[C@@H](NC(=O)c3ccc(-c4cccc(F)c4)nc3)C2)CC1. The van der Waals surface area contributed by atoms with Gasteiger partial charge in [0.1, 0.15) is 5.82 Å². The molecule has 1 aliphatic carbocycles. The van der Waals surface area contributed by atoms with Gasteiger partial charge in [-0.05, 0) is 50.1 Å². The average Bonchev–Trinajstić information content (AvgIpc) is 2.84. The first-order valence-electron chi connectivity index (χ1n) is 11.9. The van der Waals surface area contributed by atoms with Gasteiger partial charge in [-0.25, -0.2) is 4.39 Å². The van der Waals surface area contributed by atoms with Crippen molar-refractivity contribution < 1.29 is 14.0 Å². The smallest absolute Gasteiger partial charge is 0.253 e. The Bertz CT molecular complexity index is 988. The third kappa shape index (κ3) is 5.41. The van der Waals surface area contributed by atoms with E-state index in [1.807, 2.05) is 4.90 Å². The fourth-order valence-corrected chi connectivity index (χ4v) is 5.07. The highest BCUT2D eigenvalue weighted by Gasteiger charge is 2.41. The van der Waals surface area contributed by atoms with E-state index in [0.29, 0.717) is 23.2 Å². The van der Waals surface area contributed by atoms with Crippen LogP contribution in [0.4, 0.5) is 4.39 Å². The number of pyridine rings is 1. The maximum atomic E-state index is 13.5. The Morgan fingerprint density at radius 3 is 2.64 bits per heavy atom. The number of halogens is 1. The van der Waals surface area contributed by atoms with E-state index in [-0.39, 0.29) is 23.7 Å². The summed E-state index contributed by atoms with van der Waals surface area (Å²) >= 11 is 0. The maximum Gasteiger partial charge on any atom is 0.253 e. The summed E-state index contributed by atoms with van der Waals surface area (Å²) in [4.78, 5) is 34.9. The van der Waals surface area contributed by atoms with Crippen molar-refractivity contribution in [2.45, 2.75) is 45.6 Å². The molecule has 1 saturated heterocycles. The maximum absolute atomic E-state index is 13.5. The summed E-state index contributed by atoms with van der Waals surface area (Å²) in [7, 11) is 0. The van der Waals surface area contributed by atoms with Crippen LogP contribution in [0.25, 0.3) is 11.3 Å². The number of benzene rings is 1. The van der Waals surface area contributed by atoms with Crippen molar-refractivity contribution in [3.05, 3.63) is 54.0 Å². The van der Waals surface area contributed by atoms with E-state index in [0.717, 1.165) is 52.0 Å². The summed E-state index contributed by atoms with van der Waals surface area (Å²) in [5.41, 5.74) is 1.31. The van der Waals surface area contributed by atoms with Gasteiger partial charge in [0.2, 0.25) is 5.91 Å². The van der Waals surface area contributed by atoms with Crippen LogP contribution < -0.4 is 5.32 Å². The Hall–Kier alpha value is -2.80. The third-order valence-corrected chi connectivity index (χ3v) is 7.08. The lowest BCUT2D eigenvalue weighted by Crippen LogP contribution is -2.54. The fraction of sp³-hybridized carbons (Fsp3) is 0.500. The minimum atomic E-state index is -0.440. The van der Waals surface area contributed by atoms with Gasteiger partial charge in [-0.1, -0.05) is 32.4 Å². The molecule has 2 atom stereocenters. The molecule has 33 heavy (non-hydrogen) atoms. The number of hydrogen-bond acceptors (Lipinski definition) is 4. The normalized spacial score (nSPS) is 23.8. The first-order valence-corrected chi connectivity index (χ1v) is 11.9. The first kappa shape index (κ1) is 23.4. The van der Waals surface area contributed by atoms with Gasteiger partial charge in [0.05, 0.1) is 11.3 Å². The van der Waals surface area contributed by atoms with Crippen LogP contribution in [0.1, 0.15) is 49.9 Å². The fourth-order valence-electron chi connectivity index (χ4n) is 5.07. The zero-order valence-corrected chi connectivity index (χ0v) is 19.5. The molecular formula is C26H33FN4O2. The van der Waals surface area contributed by atoms with E-state index >= 15 is 0 Å². The van der Waals surface area contributed by atoms with Gasteiger partial charge in [-0.3, -0.25) is 14.6 Å². The molecule has 6 nitrogen and oxygen atoms in total. The highest BCUT2D eigenvalue weighted by atomic mass is 19.1. The molecule has 2 aromatic rings. The highest BCUT2D eigenvalue weighted by Crippen LogP contribution is 2.38. The van der Waals surface area contributed by atoms with Crippen LogP contribution in [0.2, 0.25) is 0 Å². The quantitative estimate of drug-likeness (QED) is 0.751. The van der Waals surface area contributed by atoms with Crippen molar-refractivity contribution in [3.63, 3.8) is 0 Å². The molecule has 2 heterocycles. The molecule has 7 heteroatoms. The molecule has 1 aromatic carbocycles. The van der Waals surface area contributed by atoms with Gasteiger partial charge in [-0.15, -0.1) is 0 Å². The van der Waals surface area contributed by atoms with Gasteiger partial charge in [0.15, 0.2) is 0 Å². The van der Waals surface area contributed by atoms with Crippen LogP contribution in [0.5, 0.6) is 0 Å². The van der Waals surface area contributed by atoms with Gasteiger partial charge in [0, 0.05) is 49.4 Å². The molecule has 2 aliphatic rings. The summed E-state index contributed by atoms with van der Waals surface area (Å²) < 4.78 is 13.5. The van der Waals surface area contributed by atoms with Gasteiger partial charge >= 0.3 is 0 Å². The van der Waals surface area contributed by atoms with Crippen molar-refractivity contribution in [1.29, 1.82) is 0 Å². The second kappa shape index (κ2) is 10.00. The topological polar surface area (TPSA) is 65.5 Å². The van der Waals surface area contributed by atoms with Crippen molar-refractivity contribution in [3.8, 4) is 11.3 Å². The van der Waals surface area contributed by atoms with Crippen LogP contribution in [0.3, 0.4) is 0 Å². The number of carbonyl (C=O) groups excluding carboxylic acids is 2. The minimum absolute atomic E-state index is 0.0416. The number of piperazine rings is 1. The van der Waals surface area contributed by atoms with E-state index in [1.54, 1.807) is 24.3 Å². The molecule has 0 spiro atoms. The number of amides is 2. The number of nitrogens with zero attached hydrogens (tertiary/aromatic N) is 3. The zero-order chi connectivity index (χ0) is 23.4. The molecule has 1 aromatic heterocycles. The third-order valence-electron chi connectivity index (χ3n) is 7.08. The predicted molar refractivity (Wildman–Crippen MR) is 126 cm³/mol. The lowest BCUT2D eigenvalue weighted by Gasteiger charge is -2.43. The summed E-state index contributed by atoms with van der Waals surface area (Å²) in [5, 5.41) is 3.11. The van der Waals surface area contributed by atoms with Crippen molar-refractivity contribution in [2.24, 2.45) is 5.41 Å². The first-order chi connectivity index (χ1) is 15.9. The summed E-state index contributed by atoms with van der Waals surface area (Å²) in [6.45, 7) is 8.64. The molecule has 176 valence electrons. The number of nitrogens with one attached hydrogen (secondary N) is 1. The molecular weight excluding hydrogens is 419 g/mol. The van der Waals surface area contributed by atoms with Crippen molar-refractivity contribution >= 4 is 11.8 Å². The van der Waals surface area contributed by atoms with Crippen LogP contribution >= 0.6 is 0 Å². The summed E-state index contributed by atoms with van der Waals surface area (Å²) in [6.07, 6.45) is 4.82. The molecule has 1 N–H and O–H groups in total. The number of carbonyl (C=O) groups is 2. The second-order valence-corrected chi connectivity index (χ2v) is 9.50. The van der Waals surface area contributed by atoms with E-state index in [4.69, 9.17) is 0 Å². The number of aromatic nitrogens is 1. The predicted octanol–water partition coefficient (Wildman–Crippen LogP) is 3.73. The molecule has 0 radical (unpaired) electrons. The van der Waals surface area contributed by atoms with E-state index in [2.05, 4.69) is 29.0 Å². The molecule has 0 unspecified atom stereocenters. The number of hydrogen-bond donors (Lipinski definition) is 1. The lowest BCUT2D eigenvalue weighted by atomic mass is 9.72. The van der Waals surface area contributed by atoms with E-state index in [1.165, 1.54) is 18.3 Å². The molecule has 1 aliphatic heterocycles. The second-order valence-electron chi connectivity index (χ2n) is 9.50. The largest absolute Gasteiger partial charge is 0.349 e. The Labute approximate surface area is 195 Å². The molecule has 1 saturated carbocycles. The Morgan fingerprint density at radius 2 is 1.97 bits per heavy atom. The number of likely N-dealkylation sites (N-methyl/N-ethyl adjacent to an activating group) is 1. The molecule has 2 fully saturated rings. The molecule has 4 rings (SSSR count). The molecule has 0 bridgehead atoms. The number of rotatable bonds is 5. The Morgan fingerprint density at radius 1 is 1.18 bits per heavy atom. The van der Waals surface area contributed by atoms with Gasteiger partial charge < -0.3 is 15.1 Å². The molecule has 2 amide bonds. The zero-order valence-electron chi connectivity index (χ0n) is 19.5. The average molecular weight is 453 g/mol. The summed E-state index contributed by atoms with van der Waals surface area (Å²) in [6, 6.07) is 9.63. The van der Waals surface area contributed by atoms with Crippen molar-refractivity contribution in [1.82, 2.24) is 20.1 Å². The van der Waals surface area contributed by atoms with Crippen LogP contribution in [0, 0.1) is 11.2 Å². The van der Waals surface area contributed by atoms with E-state index < -0.39 is 5.41 Å². The lowest BCUT2D eigenvalue weighted by molar-refractivity contribution is -0.145. The van der Waals surface area contributed by atoms with Crippen LogP contribution in [-0.4, -0.2) is 65.4 Å². The highest BCUT2D eigenvalue weighted by molar-refractivity contribution is 5.94. The van der Waals surface area contributed by atoms with Gasteiger partial charge in [0.25, 0.3) is 5.91 Å². The van der Waals surface area contributed by atoms with Crippen molar-refractivity contribution in [2.75, 3.05) is 32.7 Å². The monoisotopic (exact) mass is 452 g/mol. The van der Waals surface area contributed by atoms with Gasteiger partial charge in [-0.2, -0.15) is 0 Å². The Kier molecular flexibility index (Phi) is 7.08. The summed E-state index contributed by atoms with van der Waals surface area (Å²) in [5.74, 6) is -0.289. The van der Waals surface area contributed by atoms with Crippen LogP contribution in [-0.2, 0) is 4.79 Å². The standard InChI is InChI=1S/C26H33FN4O2/c1-3-30-12-14-31(15-13-30)25(33)26(2)11-5-8-22(17-26)29-24(32)20-9-10-23(28-18-20)19-6-4-7-21(27)16-19/h4,6-7,9-10,16,18,22H,3,5,8,11-15,17H2,1-2H3,(H,29,32)/t22-,26+/m1/s1. The van der Waals surface area contributed by atoms with Crippen LogP contribution in [0.15, 0.2) is 42.6 Å².